The fraction of sp³-hybridized carbons (Fsp3) is 0.125. The van der Waals surface area contributed by atoms with Crippen molar-refractivity contribution >= 4 is 23.0 Å². The van der Waals surface area contributed by atoms with Crippen LogP contribution in [0.1, 0.15) is 29.2 Å². The quantitative estimate of drug-likeness (QED) is 0.262. The van der Waals surface area contributed by atoms with Gasteiger partial charge in [0.05, 0.1) is 34.9 Å². The number of aromatic nitrogens is 3. The average Bonchev–Trinajstić information content (AvgIpc) is 3.45. The summed E-state index contributed by atoms with van der Waals surface area (Å²) in [7, 11) is 0. The van der Waals surface area contributed by atoms with Crippen LogP contribution in [0.15, 0.2) is 91.4 Å². The second kappa shape index (κ2) is 8.79. The second-order valence-electron chi connectivity index (χ2n) is 7.65. The molecule has 164 valence electrons. The molecule has 8 nitrogen and oxygen atoms in total. The number of nitro benzene ring substituents is 1. The van der Waals surface area contributed by atoms with E-state index in [1.165, 1.54) is 12.1 Å². The van der Waals surface area contributed by atoms with Gasteiger partial charge in [-0.1, -0.05) is 12.1 Å². The summed E-state index contributed by atoms with van der Waals surface area (Å²) >= 11 is 5.75. The van der Waals surface area contributed by atoms with Crippen molar-refractivity contribution in [2.24, 2.45) is 0 Å². The molecule has 1 aliphatic rings. The number of benzene rings is 1. The smallest absolute Gasteiger partial charge is 0.269 e. The van der Waals surface area contributed by atoms with Gasteiger partial charge in [0.2, 0.25) is 0 Å². The lowest BCUT2D eigenvalue weighted by Crippen LogP contribution is -2.30. The SMILES string of the molecule is O=[N+]([O-])c1ccc(-n2cccc2C2C(c3ccccn3)NC(=S)N2Cc2ccccn2)cc1. The lowest BCUT2D eigenvalue weighted by molar-refractivity contribution is -0.384. The van der Waals surface area contributed by atoms with Crippen molar-refractivity contribution in [2.75, 3.05) is 0 Å². The number of thiocarbonyl (C=S) groups is 1. The molecule has 2 unspecified atom stereocenters. The highest BCUT2D eigenvalue weighted by Gasteiger charge is 2.41. The molecule has 0 radical (unpaired) electrons. The molecule has 2 atom stereocenters. The van der Waals surface area contributed by atoms with E-state index in [0.717, 1.165) is 22.8 Å². The van der Waals surface area contributed by atoms with Gasteiger partial charge in [0, 0.05) is 42.1 Å². The lowest BCUT2D eigenvalue weighted by atomic mass is 10.0. The number of nitrogens with one attached hydrogen (secondary N) is 1. The fourth-order valence-corrected chi connectivity index (χ4v) is 4.47. The number of nitro groups is 1. The summed E-state index contributed by atoms with van der Waals surface area (Å²) < 4.78 is 2.03. The van der Waals surface area contributed by atoms with Crippen LogP contribution in [0.4, 0.5) is 5.69 Å². The Kier molecular flexibility index (Phi) is 5.54. The third-order valence-corrected chi connectivity index (χ3v) is 6.03. The Morgan fingerprint density at radius 3 is 2.39 bits per heavy atom. The molecule has 1 aliphatic heterocycles. The van der Waals surface area contributed by atoms with Crippen LogP contribution in [0.2, 0.25) is 0 Å². The van der Waals surface area contributed by atoms with Crippen molar-refractivity contribution in [3.05, 3.63) is 119 Å². The van der Waals surface area contributed by atoms with Crippen LogP contribution in [-0.4, -0.2) is 29.5 Å². The average molecular weight is 457 g/mol. The molecule has 0 bridgehead atoms. The number of rotatable bonds is 6. The van der Waals surface area contributed by atoms with Crippen molar-refractivity contribution in [3.8, 4) is 5.69 Å². The zero-order valence-electron chi connectivity index (χ0n) is 17.5. The summed E-state index contributed by atoms with van der Waals surface area (Å²) in [4.78, 5) is 21.9. The Balaban J connectivity index is 1.58. The predicted octanol–water partition coefficient (Wildman–Crippen LogP) is 4.35. The van der Waals surface area contributed by atoms with Crippen molar-refractivity contribution in [1.29, 1.82) is 0 Å². The Hall–Kier alpha value is -4.11. The number of pyridine rings is 2. The Bertz CT molecular complexity index is 1280. The maximum atomic E-state index is 11.1. The van der Waals surface area contributed by atoms with Gasteiger partial charge in [-0.05, 0) is 60.7 Å². The molecular weight excluding hydrogens is 436 g/mol. The van der Waals surface area contributed by atoms with Crippen molar-refractivity contribution in [3.63, 3.8) is 0 Å². The minimum Gasteiger partial charge on any atom is -0.352 e. The molecule has 33 heavy (non-hydrogen) atoms. The summed E-state index contributed by atoms with van der Waals surface area (Å²) in [5.41, 5.74) is 3.66. The van der Waals surface area contributed by atoms with E-state index in [1.807, 2.05) is 59.3 Å². The topological polar surface area (TPSA) is 89.1 Å². The van der Waals surface area contributed by atoms with Gasteiger partial charge in [-0.2, -0.15) is 0 Å². The van der Waals surface area contributed by atoms with Crippen LogP contribution in [-0.2, 0) is 6.54 Å². The molecule has 1 fully saturated rings. The van der Waals surface area contributed by atoms with Crippen LogP contribution in [0.5, 0.6) is 0 Å². The first kappa shape index (κ1) is 20.8. The molecule has 0 amide bonds. The monoisotopic (exact) mass is 456 g/mol. The molecule has 1 saturated heterocycles. The molecule has 5 rings (SSSR count). The molecule has 0 spiro atoms. The van der Waals surface area contributed by atoms with E-state index in [0.29, 0.717) is 11.7 Å². The van der Waals surface area contributed by atoms with Crippen LogP contribution < -0.4 is 5.32 Å². The molecule has 3 aromatic heterocycles. The van der Waals surface area contributed by atoms with E-state index in [4.69, 9.17) is 12.2 Å². The predicted molar refractivity (Wildman–Crippen MR) is 128 cm³/mol. The number of hydrogen-bond donors (Lipinski definition) is 1. The van der Waals surface area contributed by atoms with E-state index in [1.54, 1.807) is 24.5 Å². The van der Waals surface area contributed by atoms with Crippen molar-refractivity contribution < 1.29 is 4.92 Å². The standard InChI is InChI=1S/C24H20N6O2S/c31-30(32)19-11-9-18(10-12-19)28-15-5-8-21(28)23-22(20-7-2-4-14-26-20)27-24(33)29(23)16-17-6-1-3-13-25-17/h1-15,22-23H,16H2,(H,27,33). The normalized spacial score (nSPS) is 17.7. The zero-order valence-corrected chi connectivity index (χ0v) is 18.3. The summed E-state index contributed by atoms with van der Waals surface area (Å²) in [5, 5.41) is 15.2. The van der Waals surface area contributed by atoms with Gasteiger partial charge in [-0.25, -0.2) is 0 Å². The van der Waals surface area contributed by atoms with Crippen molar-refractivity contribution in [2.45, 2.75) is 18.6 Å². The minimum absolute atomic E-state index is 0.0549. The minimum atomic E-state index is -0.397. The summed E-state index contributed by atoms with van der Waals surface area (Å²) in [6.45, 7) is 0.534. The van der Waals surface area contributed by atoms with Gasteiger partial charge < -0.3 is 14.8 Å². The first-order valence-corrected chi connectivity index (χ1v) is 10.8. The Morgan fingerprint density at radius 1 is 0.970 bits per heavy atom. The van der Waals surface area contributed by atoms with Gasteiger partial charge >= 0.3 is 0 Å². The molecule has 4 aromatic rings. The van der Waals surface area contributed by atoms with Gasteiger partial charge in [0.1, 0.15) is 0 Å². The molecule has 4 heterocycles. The van der Waals surface area contributed by atoms with E-state index in [9.17, 15) is 10.1 Å². The Labute approximate surface area is 195 Å². The van der Waals surface area contributed by atoms with E-state index < -0.39 is 4.92 Å². The summed E-state index contributed by atoms with van der Waals surface area (Å²) in [6, 6.07) is 21.8. The highest BCUT2D eigenvalue weighted by Crippen LogP contribution is 2.40. The van der Waals surface area contributed by atoms with Crippen LogP contribution >= 0.6 is 12.2 Å². The molecule has 1 N–H and O–H groups in total. The zero-order chi connectivity index (χ0) is 22.8. The molecule has 9 heteroatoms. The number of non-ortho nitro benzene ring substituents is 1. The van der Waals surface area contributed by atoms with E-state index in [-0.39, 0.29) is 17.8 Å². The van der Waals surface area contributed by atoms with Gasteiger partial charge in [-0.15, -0.1) is 0 Å². The fourth-order valence-electron chi connectivity index (χ4n) is 4.17. The van der Waals surface area contributed by atoms with Gasteiger partial charge in [0.25, 0.3) is 5.69 Å². The number of nitrogens with zero attached hydrogens (tertiary/aromatic N) is 5. The van der Waals surface area contributed by atoms with E-state index >= 15 is 0 Å². The first-order chi connectivity index (χ1) is 16.1. The van der Waals surface area contributed by atoms with Crippen molar-refractivity contribution in [1.82, 2.24) is 24.8 Å². The molecule has 0 aliphatic carbocycles. The maximum absolute atomic E-state index is 11.1. The van der Waals surface area contributed by atoms with Crippen LogP contribution in [0, 0.1) is 10.1 Å². The van der Waals surface area contributed by atoms with Gasteiger partial charge in [-0.3, -0.25) is 20.1 Å². The highest BCUT2D eigenvalue weighted by atomic mass is 32.1. The number of hydrogen-bond acceptors (Lipinski definition) is 5. The van der Waals surface area contributed by atoms with Crippen LogP contribution in [0.3, 0.4) is 0 Å². The third-order valence-electron chi connectivity index (χ3n) is 5.68. The third kappa shape index (κ3) is 4.06. The van der Waals surface area contributed by atoms with E-state index in [2.05, 4.69) is 20.2 Å². The van der Waals surface area contributed by atoms with Gasteiger partial charge in [0.15, 0.2) is 5.11 Å². The highest BCUT2D eigenvalue weighted by molar-refractivity contribution is 7.80. The largest absolute Gasteiger partial charge is 0.352 e. The molecular formula is C24H20N6O2S. The Morgan fingerprint density at radius 2 is 1.73 bits per heavy atom. The summed E-state index contributed by atoms with van der Waals surface area (Å²) in [6.07, 6.45) is 5.49. The summed E-state index contributed by atoms with van der Waals surface area (Å²) in [5.74, 6) is 0. The first-order valence-electron chi connectivity index (χ1n) is 10.4. The molecule has 0 saturated carbocycles. The van der Waals surface area contributed by atoms with Crippen LogP contribution in [0.25, 0.3) is 5.69 Å². The maximum Gasteiger partial charge on any atom is 0.269 e. The molecule has 1 aromatic carbocycles. The second-order valence-corrected chi connectivity index (χ2v) is 8.04. The lowest BCUT2D eigenvalue weighted by Gasteiger charge is -2.28.